The maximum atomic E-state index is 12.7. The van der Waals surface area contributed by atoms with E-state index in [1.807, 2.05) is 54.4 Å². The number of carbonyl (C=O) groups excluding carboxylic acids is 1. The summed E-state index contributed by atoms with van der Waals surface area (Å²) in [5, 5.41) is 4.24. The number of hydrogen-bond acceptors (Lipinski definition) is 5. The zero-order valence-electron chi connectivity index (χ0n) is 14.9. The number of piperazine rings is 1. The van der Waals surface area contributed by atoms with Crippen molar-refractivity contribution in [1.29, 1.82) is 0 Å². The summed E-state index contributed by atoms with van der Waals surface area (Å²) in [7, 11) is 0. The van der Waals surface area contributed by atoms with Crippen molar-refractivity contribution in [3.8, 4) is 5.82 Å². The number of nitrogens with zero attached hydrogens (tertiary/aromatic N) is 6. The highest BCUT2D eigenvalue weighted by atomic mass is 79.9. The minimum Gasteiger partial charge on any atom is -0.353 e. The average Bonchev–Trinajstić information content (AvgIpc) is 3.22. The molecule has 27 heavy (non-hydrogen) atoms. The van der Waals surface area contributed by atoms with Crippen LogP contribution in [-0.2, 0) is 0 Å². The zero-order chi connectivity index (χ0) is 18.8. The van der Waals surface area contributed by atoms with Crippen LogP contribution in [0.1, 0.15) is 16.2 Å². The Bertz CT molecular complexity index is 951. The Morgan fingerprint density at radius 3 is 2.52 bits per heavy atom. The number of benzene rings is 1. The first-order chi connectivity index (χ1) is 13.1. The van der Waals surface area contributed by atoms with Gasteiger partial charge in [-0.05, 0) is 31.2 Å². The van der Waals surface area contributed by atoms with E-state index in [0.717, 1.165) is 29.2 Å². The van der Waals surface area contributed by atoms with Crippen LogP contribution < -0.4 is 4.90 Å². The molecule has 1 saturated heterocycles. The lowest BCUT2D eigenvalue weighted by atomic mass is 10.2. The summed E-state index contributed by atoms with van der Waals surface area (Å²) in [4.78, 5) is 25.8. The Labute approximate surface area is 165 Å². The molecule has 0 radical (unpaired) electrons. The van der Waals surface area contributed by atoms with Gasteiger partial charge in [0.05, 0.1) is 0 Å². The maximum Gasteiger partial charge on any atom is 0.254 e. The van der Waals surface area contributed by atoms with Crippen LogP contribution >= 0.6 is 15.9 Å². The normalized spacial score (nSPS) is 14.4. The third kappa shape index (κ3) is 3.85. The maximum absolute atomic E-state index is 12.7. The number of hydrogen-bond donors (Lipinski definition) is 0. The Kier molecular flexibility index (Phi) is 4.89. The number of aryl methyl sites for hydroxylation is 1. The molecule has 0 spiro atoms. The summed E-state index contributed by atoms with van der Waals surface area (Å²) >= 11 is 3.42. The molecule has 0 aliphatic carbocycles. The summed E-state index contributed by atoms with van der Waals surface area (Å²) in [6.07, 6.45) is 3.59. The van der Waals surface area contributed by atoms with Gasteiger partial charge in [-0.2, -0.15) is 5.10 Å². The number of anilines is 1. The molecule has 1 fully saturated rings. The van der Waals surface area contributed by atoms with Gasteiger partial charge < -0.3 is 9.80 Å². The van der Waals surface area contributed by atoms with Crippen molar-refractivity contribution in [2.75, 3.05) is 31.1 Å². The van der Waals surface area contributed by atoms with E-state index in [4.69, 9.17) is 0 Å². The monoisotopic (exact) mass is 426 g/mol. The van der Waals surface area contributed by atoms with Gasteiger partial charge in [0.25, 0.3) is 5.91 Å². The van der Waals surface area contributed by atoms with Gasteiger partial charge in [-0.1, -0.05) is 22.0 Å². The predicted octanol–water partition coefficient (Wildman–Crippen LogP) is 2.70. The Morgan fingerprint density at radius 1 is 1.04 bits per heavy atom. The molecular weight excluding hydrogens is 408 g/mol. The highest BCUT2D eigenvalue weighted by Crippen LogP contribution is 2.19. The molecule has 0 N–H and O–H groups in total. The Balaban J connectivity index is 1.47. The van der Waals surface area contributed by atoms with E-state index in [1.165, 1.54) is 0 Å². The number of carbonyl (C=O) groups is 1. The van der Waals surface area contributed by atoms with Crippen molar-refractivity contribution in [3.63, 3.8) is 0 Å². The molecule has 3 aromatic rings. The van der Waals surface area contributed by atoms with Gasteiger partial charge in [0, 0.05) is 54.7 Å². The number of halogens is 1. The topological polar surface area (TPSA) is 67.2 Å². The molecule has 3 heterocycles. The lowest BCUT2D eigenvalue weighted by molar-refractivity contribution is 0.0746. The zero-order valence-corrected chi connectivity index (χ0v) is 16.5. The predicted molar refractivity (Wildman–Crippen MR) is 106 cm³/mol. The van der Waals surface area contributed by atoms with Gasteiger partial charge in [0.1, 0.15) is 11.6 Å². The van der Waals surface area contributed by atoms with Crippen molar-refractivity contribution in [1.82, 2.24) is 24.6 Å². The standard InChI is InChI=1S/C19H19BrN6O/c1-14-22-17(13-18(23-14)26-7-3-6-21-26)24-8-10-25(11-9-24)19(27)15-4-2-5-16(20)12-15/h2-7,12-13H,8-11H2,1H3. The fourth-order valence-electron chi connectivity index (χ4n) is 3.16. The van der Waals surface area contributed by atoms with E-state index >= 15 is 0 Å². The van der Waals surface area contributed by atoms with E-state index in [-0.39, 0.29) is 5.91 Å². The third-order valence-corrected chi connectivity index (χ3v) is 5.01. The molecule has 1 amide bonds. The molecule has 4 rings (SSSR count). The van der Waals surface area contributed by atoms with Gasteiger partial charge in [0.15, 0.2) is 5.82 Å². The minimum absolute atomic E-state index is 0.0621. The van der Waals surface area contributed by atoms with Gasteiger partial charge in [-0.25, -0.2) is 14.6 Å². The van der Waals surface area contributed by atoms with Gasteiger partial charge >= 0.3 is 0 Å². The van der Waals surface area contributed by atoms with Crippen LogP contribution in [-0.4, -0.2) is 56.7 Å². The lowest BCUT2D eigenvalue weighted by Gasteiger charge is -2.35. The quantitative estimate of drug-likeness (QED) is 0.643. The molecule has 1 aliphatic heterocycles. The van der Waals surface area contributed by atoms with Crippen LogP contribution in [0.15, 0.2) is 53.3 Å². The van der Waals surface area contributed by atoms with Gasteiger partial charge in [-0.15, -0.1) is 0 Å². The third-order valence-electron chi connectivity index (χ3n) is 4.51. The highest BCUT2D eigenvalue weighted by molar-refractivity contribution is 9.10. The lowest BCUT2D eigenvalue weighted by Crippen LogP contribution is -2.49. The molecular formula is C19H19BrN6O. The van der Waals surface area contributed by atoms with Crippen molar-refractivity contribution in [3.05, 3.63) is 64.7 Å². The molecule has 1 aliphatic rings. The molecule has 2 aromatic heterocycles. The Hall–Kier alpha value is -2.74. The second-order valence-corrected chi connectivity index (χ2v) is 7.29. The van der Waals surface area contributed by atoms with Crippen LogP contribution in [0.2, 0.25) is 0 Å². The molecule has 0 bridgehead atoms. The molecule has 1 aromatic carbocycles. The molecule has 0 saturated carbocycles. The van der Waals surface area contributed by atoms with Crippen LogP contribution in [0, 0.1) is 6.92 Å². The highest BCUT2D eigenvalue weighted by Gasteiger charge is 2.23. The van der Waals surface area contributed by atoms with Crippen molar-refractivity contribution < 1.29 is 4.79 Å². The van der Waals surface area contributed by atoms with Gasteiger partial charge in [-0.3, -0.25) is 4.79 Å². The van der Waals surface area contributed by atoms with E-state index in [1.54, 1.807) is 10.9 Å². The molecule has 7 nitrogen and oxygen atoms in total. The summed E-state index contributed by atoms with van der Waals surface area (Å²) in [5.74, 6) is 2.37. The van der Waals surface area contributed by atoms with Crippen LogP contribution in [0.5, 0.6) is 0 Å². The van der Waals surface area contributed by atoms with Crippen LogP contribution in [0.4, 0.5) is 5.82 Å². The average molecular weight is 427 g/mol. The van der Waals surface area contributed by atoms with E-state index in [0.29, 0.717) is 24.5 Å². The van der Waals surface area contributed by atoms with E-state index in [9.17, 15) is 4.79 Å². The van der Waals surface area contributed by atoms with Crippen LogP contribution in [0.25, 0.3) is 5.82 Å². The Morgan fingerprint density at radius 2 is 1.81 bits per heavy atom. The number of rotatable bonds is 3. The molecule has 0 unspecified atom stereocenters. The first kappa shape index (κ1) is 17.7. The largest absolute Gasteiger partial charge is 0.353 e. The summed E-state index contributed by atoms with van der Waals surface area (Å²) in [6.45, 7) is 4.66. The summed E-state index contributed by atoms with van der Waals surface area (Å²) in [5.41, 5.74) is 0.705. The van der Waals surface area contributed by atoms with E-state index < -0.39 is 0 Å². The van der Waals surface area contributed by atoms with E-state index in [2.05, 4.69) is 35.9 Å². The van der Waals surface area contributed by atoms with Gasteiger partial charge in [0.2, 0.25) is 0 Å². The smallest absolute Gasteiger partial charge is 0.254 e. The fourth-order valence-corrected chi connectivity index (χ4v) is 3.56. The first-order valence-corrected chi connectivity index (χ1v) is 9.55. The number of amides is 1. The summed E-state index contributed by atoms with van der Waals surface area (Å²) in [6, 6.07) is 11.3. The number of aromatic nitrogens is 4. The summed E-state index contributed by atoms with van der Waals surface area (Å²) < 4.78 is 2.64. The first-order valence-electron chi connectivity index (χ1n) is 8.76. The second-order valence-electron chi connectivity index (χ2n) is 6.37. The minimum atomic E-state index is 0.0621. The van der Waals surface area contributed by atoms with Crippen molar-refractivity contribution in [2.45, 2.75) is 6.92 Å². The molecule has 138 valence electrons. The molecule has 8 heteroatoms. The second kappa shape index (κ2) is 7.48. The fraction of sp³-hybridized carbons (Fsp3) is 0.263. The van der Waals surface area contributed by atoms with Crippen molar-refractivity contribution >= 4 is 27.7 Å². The van der Waals surface area contributed by atoms with Crippen molar-refractivity contribution in [2.24, 2.45) is 0 Å². The SMILES string of the molecule is Cc1nc(N2CCN(C(=O)c3cccc(Br)c3)CC2)cc(-n2cccn2)n1. The van der Waals surface area contributed by atoms with Crippen LogP contribution in [0.3, 0.4) is 0 Å². The molecule has 0 atom stereocenters.